The van der Waals surface area contributed by atoms with Gasteiger partial charge in [0.05, 0.1) is 0 Å². The molecule has 0 heterocycles. The van der Waals surface area contributed by atoms with Crippen LogP contribution in [0.2, 0.25) is 0 Å². The fraction of sp³-hybridized carbons (Fsp3) is 0.400. The smallest absolute Gasteiger partial charge is 0.332 e. The van der Waals surface area contributed by atoms with Crippen LogP contribution in [0, 0.1) is 0 Å². The Balaban J connectivity index is 4.23. The van der Waals surface area contributed by atoms with E-state index < -0.39 is 5.97 Å². The first kappa shape index (κ1) is 7.69. The number of aliphatic carboxylic acids is 1. The van der Waals surface area contributed by atoms with Crippen molar-refractivity contribution < 1.29 is 9.90 Å². The SMILES string of the molecule is CC(Br)=C(C)C(=O)O. The first-order chi connectivity index (χ1) is 3.55. The molecule has 0 atom stereocenters. The summed E-state index contributed by atoms with van der Waals surface area (Å²) in [5.41, 5.74) is 0.352. The Morgan fingerprint density at radius 1 is 1.50 bits per heavy atom. The topological polar surface area (TPSA) is 37.3 Å². The Labute approximate surface area is 56.3 Å². The van der Waals surface area contributed by atoms with Crippen molar-refractivity contribution in [2.24, 2.45) is 0 Å². The lowest BCUT2D eigenvalue weighted by Crippen LogP contribution is -1.96. The molecule has 8 heavy (non-hydrogen) atoms. The van der Waals surface area contributed by atoms with E-state index in [1.165, 1.54) is 0 Å². The van der Waals surface area contributed by atoms with Gasteiger partial charge in [0.25, 0.3) is 0 Å². The molecule has 0 amide bonds. The normalized spacial score (nSPS) is 12.9. The van der Waals surface area contributed by atoms with Crippen molar-refractivity contribution in [3.05, 3.63) is 10.1 Å². The van der Waals surface area contributed by atoms with E-state index in [2.05, 4.69) is 15.9 Å². The summed E-state index contributed by atoms with van der Waals surface area (Å²) in [6, 6.07) is 0. The Hall–Kier alpha value is -0.310. The number of rotatable bonds is 1. The van der Waals surface area contributed by atoms with E-state index in [-0.39, 0.29) is 0 Å². The number of carbonyl (C=O) groups is 1. The predicted octanol–water partition coefficient (Wildman–Crippen LogP) is 1.76. The molecule has 0 spiro atoms. The van der Waals surface area contributed by atoms with Crippen LogP contribution in [0.4, 0.5) is 0 Å². The molecular formula is C5H7BrO2. The molecule has 0 fully saturated rings. The summed E-state index contributed by atoms with van der Waals surface area (Å²) in [5, 5.41) is 8.26. The lowest BCUT2D eigenvalue weighted by molar-refractivity contribution is -0.132. The minimum Gasteiger partial charge on any atom is -0.478 e. The second kappa shape index (κ2) is 2.87. The third-order valence-corrected chi connectivity index (χ3v) is 1.43. The highest BCUT2D eigenvalue weighted by atomic mass is 79.9. The fourth-order valence-electron chi connectivity index (χ4n) is 0.147. The zero-order valence-corrected chi connectivity index (χ0v) is 6.32. The maximum Gasteiger partial charge on any atom is 0.332 e. The van der Waals surface area contributed by atoms with E-state index in [0.717, 1.165) is 0 Å². The van der Waals surface area contributed by atoms with Crippen LogP contribution in [0.25, 0.3) is 0 Å². The lowest BCUT2D eigenvalue weighted by Gasteiger charge is -1.90. The van der Waals surface area contributed by atoms with Gasteiger partial charge in [-0.15, -0.1) is 0 Å². The third-order valence-electron chi connectivity index (χ3n) is 0.838. The van der Waals surface area contributed by atoms with Gasteiger partial charge in [0, 0.05) is 10.1 Å². The van der Waals surface area contributed by atoms with Gasteiger partial charge in [-0.25, -0.2) is 4.79 Å². The number of hydrogen-bond donors (Lipinski definition) is 1. The van der Waals surface area contributed by atoms with E-state index in [0.29, 0.717) is 10.1 Å². The number of carboxylic acids is 1. The average Bonchev–Trinajstić information content (AvgIpc) is 1.64. The molecule has 0 saturated heterocycles. The van der Waals surface area contributed by atoms with Crippen molar-refractivity contribution in [3.63, 3.8) is 0 Å². The van der Waals surface area contributed by atoms with Gasteiger partial charge in [-0.3, -0.25) is 0 Å². The Bertz CT molecular complexity index is 133. The Kier molecular flexibility index (Phi) is 2.76. The van der Waals surface area contributed by atoms with E-state index in [1.54, 1.807) is 13.8 Å². The highest BCUT2D eigenvalue weighted by molar-refractivity contribution is 9.11. The van der Waals surface area contributed by atoms with Crippen LogP contribution in [0.15, 0.2) is 10.1 Å². The molecule has 2 nitrogen and oxygen atoms in total. The summed E-state index contributed by atoms with van der Waals surface area (Å²) >= 11 is 3.04. The number of hydrogen-bond acceptors (Lipinski definition) is 1. The molecule has 0 unspecified atom stereocenters. The van der Waals surface area contributed by atoms with Gasteiger partial charge in [0.2, 0.25) is 0 Å². The van der Waals surface area contributed by atoms with Crippen LogP contribution >= 0.6 is 15.9 Å². The molecule has 0 aromatic carbocycles. The lowest BCUT2D eigenvalue weighted by atomic mass is 10.3. The van der Waals surface area contributed by atoms with Crippen LogP contribution in [0.3, 0.4) is 0 Å². The van der Waals surface area contributed by atoms with Crippen LogP contribution in [-0.2, 0) is 4.79 Å². The minimum atomic E-state index is -0.876. The predicted molar refractivity (Wildman–Crippen MR) is 34.9 cm³/mol. The van der Waals surface area contributed by atoms with Crippen LogP contribution in [0.5, 0.6) is 0 Å². The van der Waals surface area contributed by atoms with Crippen LogP contribution in [-0.4, -0.2) is 11.1 Å². The molecule has 0 aliphatic heterocycles. The van der Waals surface area contributed by atoms with Gasteiger partial charge in [0.1, 0.15) is 0 Å². The summed E-state index contributed by atoms with van der Waals surface area (Å²) in [5.74, 6) is -0.876. The molecule has 0 bridgehead atoms. The molecule has 46 valence electrons. The molecule has 0 aliphatic carbocycles. The number of halogens is 1. The molecule has 0 rings (SSSR count). The van der Waals surface area contributed by atoms with Crippen LogP contribution in [0.1, 0.15) is 13.8 Å². The van der Waals surface area contributed by atoms with E-state index in [4.69, 9.17) is 5.11 Å². The van der Waals surface area contributed by atoms with Crippen molar-refractivity contribution in [1.82, 2.24) is 0 Å². The van der Waals surface area contributed by atoms with Gasteiger partial charge in [-0.2, -0.15) is 0 Å². The van der Waals surface area contributed by atoms with Gasteiger partial charge in [-0.05, 0) is 13.8 Å². The van der Waals surface area contributed by atoms with E-state index in [1.807, 2.05) is 0 Å². The second-order valence-corrected chi connectivity index (χ2v) is 2.65. The molecule has 0 aromatic rings. The zero-order chi connectivity index (χ0) is 6.73. The number of carboxylic acid groups (broad SMARTS) is 1. The first-order valence-electron chi connectivity index (χ1n) is 2.12. The molecule has 0 radical (unpaired) electrons. The van der Waals surface area contributed by atoms with Crippen molar-refractivity contribution in [2.45, 2.75) is 13.8 Å². The van der Waals surface area contributed by atoms with Crippen LogP contribution < -0.4 is 0 Å². The summed E-state index contributed by atoms with van der Waals surface area (Å²) in [4.78, 5) is 10.1. The molecule has 1 N–H and O–H groups in total. The zero-order valence-electron chi connectivity index (χ0n) is 4.73. The maximum atomic E-state index is 10.1. The summed E-state index contributed by atoms with van der Waals surface area (Å²) in [7, 11) is 0. The number of allylic oxidation sites excluding steroid dienone is 1. The van der Waals surface area contributed by atoms with Crippen molar-refractivity contribution in [1.29, 1.82) is 0 Å². The third kappa shape index (κ3) is 2.12. The molecular weight excluding hydrogens is 172 g/mol. The summed E-state index contributed by atoms with van der Waals surface area (Å²) < 4.78 is 0.671. The molecule has 3 heteroatoms. The highest BCUT2D eigenvalue weighted by Gasteiger charge is 2.00. The fourth-order valence-corrected chi connectivity index (χ4v) is 0.317. The van der Waals surface area contributed by atoms with Gasteiger partial charge in [0.15, 0.2) is 0 Å². The van der Waals surface area contributed by atoms with Crippen molar-refractivity contribution in [2.75, 3.05) is 0 Å². The van der Waals surface area contributed by atoms with Gasteiger partial charge in [-0.1, -0.05) is 15.9 Å². The second-order valence-electron chi connectivity index (χ2n) is 1.46. The highest BCUT2D eigenvalue weighted by Crippen LogP contribution is 2.09. The molecule has 0 aromatic heterocycles. The van der Waals surface area contributed by atoms with Gasteiger partial charge >= 0.3 is 5.97 Å². The van der Waals surface area contributed by atoms with E-state index >= 15 is 0 Å². The summed E-state index contributed by atoms with van der Waals surface area (Å²) in [6.45, 7) is 3.25. The quantitative estimate of drug-likeness (QED) is 0.622. The van der Waals surface area contributed by atoms with Gasteiger partial charge < -0.3 is 5.11 Å². The largest absolute Gasteiger partial charge is 0.478 e. The molecule has 0 aliphatic rings. The van der Waals surface area contributed by atoms with Crippen molar-refractivity contribution in [3.8, 4) is 0 Å². The van der Waals surface area contributed by atoms with E-state index in [9.17, 15) is 4.79 Å². The Morgan fingerprint density at radius 2 is 1.88 bits per heavy atom. The first-order valence-corrected chi connectivity index (χ1v) is 2.91. The standard InChI is InChI=1S/C5H7BrO2/c1-3(4(2)6)5(7)8/h1-2H3,(H,7,8). The van der Waals surface area contributed by atoms with Crippen molar-refractivity contribution >= 4 is 21.9 Å². The minimum absolute atomic E-state index is 0.352. The Morgan fingerprint density at radius 3 is 1.88 bits per heavy atom. The average molecular weight is 179 g/mol. The summed E-state index contributed by atoms with van der Waals surface area (Å²) in [6.07, 6.45) is 0. The molecule has 0 saturated carbocycles. The monoisotopic (exact) mass is 178 g/mol. The maximum absolute atomic E-state index is 10.1.